The van der Waals surface area contributed by atoms with Crippen molar-refractivity contribution in [3.05, 3.63) is 66.2 Å². The summed E-state index contributed by atoms with van der Waals surface area (Å²) in [6, 6.07) is 16.7. The van der Waals surface area contributed by atoms with E-state index in [1.807, 2.05) is 0 Å². The molecule has 0 aliphatic heterocycles. The van der Waals surface area contributed by atoms with Crippen molar-refractivity contribution in [1.82, 2.24) is 0 Å². The van der Waals surface area contributed by atoms with Gasteiger partial charge in [0.15, 0.2) is 5.92 Å². The fraction of sp³-hybridized carbons (Fsp3) is 0.0667. The van der Waals surface area contributed by atoms with Gasteiger partial charge in [-0.3, -0.25) is 9.59 Å². The molecule has 0 heterocycles. The van der Waals surface area contributed by atoms with Gasteiger partial charge in [0.1, 0.15) is 5.75 Å². The summed E-state index contributed by atoms with van der Waals surface area (Å²) in [5, 5.41) is 9.17. The predicted octanol–water partition coefficient (Wildman–Crippen LogP) is 2.46. The van der Waals surface area contributed by atoms with E-state index >= 15 is 0 Å². The molecule has 0 aromatic heterocycles. The molecule has 0 amide bonds. The maximum Gasteiger partial charge on any atom is 0.330 e. The molecule has 19 heavy (non-hydrogen) atoms. The zero-order valence-corrected chi connectivity index (χ0v) is 10.0. The van der Waals surface area contributed by atoms with Crippen LogP contribution in [0.15, 0.2) is 60.7 Å². The van der Waals surface area contributed by atoms with E-state index in [4.69, 9.17) is 4.74 Å². The van der Waals surface area contributed by atoms with E-state index in [2.05, 4.69) is 0 Å². The van der Waals surface area contributed by atoms with Crippen molar-refractivity contribution >= 4 is 11.9 Å². The molecule has 4 nitrogen and oxygen atoms in total. The van der Waals surface area contributed by atoms with Crippen LogP contribution in [0, 0.1) is 0 Å². The van der Waals surface area contributed by atoms with Gasteiger partial charge in [0.05, 0.1) is 0 Å². The lowest BCUT2D eigenvalue weighted by Gasteiger charge is -2.12. The van der Waals surface area contributed by atoms with Crippen LogP contribution in [-0.2, 0) is 9.59 Å². The van der Waals surface area contributed by atoms with Crippen molar-refractivity contribution in [3.63, 3.8) is 0 Å². The predicted molar refractivity (Wildman–Crippen MR) is 68.9 cm³/mol. The maximum atomic E-state index is 12.0. The first kappa shape index (κ1) is 12.8. The summed E-state index contributed by atoms with van der Waals surface area (Å²) in [7, 11) is 0. The third-order valence-electron chi connectivity index (χ3n) is 2.58. The maximum absolute atomic E-state index is 12.0. The Morgan fingerprint density at radius 1 is 0.895 bits per heavy atom. The number of carboxylic acid groups (broad SMARTS) is 1. The molecule has 0 spiro atoms. The fourth-order valence-electron chi connectivity index (χ4n) is 1.69. The lowest BCUT2D eigenvalue weighted by atomic mass is 10.00. The van der Waals surface area contributed by atoms with Crippen molar-refractivity contribution in [2.24, 2.45) is 0 Å². The zero-order chi connectivity index (χ0) is 13.7. The minimum absolute atomic E-state index is 0.328. The van der Waals surface area contributed by atoms with Crippen LogP contribution in [0.3, 0.4) is 0 Å². The third-order valence-corrected chi connectivity index (χ3v) is 2.58. The highest BCUT2D eigenvalue weighted by molar-refractivity contribution is 6.00. The number of carbonyl (C=O) groups excluding carboxylic acids is 1. The van der Waals surface area contributed by atoms with Gasteiger partial charge >= 0.3 is 11.9 Å². The van der Waals surface area contributed by atoms with E-state index < -0.39 is 17.9 Å². The van der Waals surface area contributed by atoms with Gasteiger partial charge in [-0.05, 0) is 17.7 Å². The smallest absolute Gasteiger partial charge is 0.330 e. The average Bonchev–Trinajstić information content (AvgIpc) is 2.40. The zero-order valence-electron chi connectivity index (χ0n) is 10.0. The molecule has 0 radical (unpaired) electrons. The van der Waals surface area contributed by atoms with Crippen LogP contribution in [0.25, 0.3) is 0 Å². The second kappa shape index (κ2) is 5.82. The van der Waals surface area contributed by atoms with E-state index in [1.165, 1.54) is 0 Å². The SMILES string of the molecule is O=C(O)[C@H](C(=O)Oc1ccccc1)c1ccccc1. The van der Waals surface area contributed by atoms with Crippen LogP contribution >= 0.6 is 0 Å². The van der Waals surface area contributed by atoms with Crippen LogP contribution in [0.2, 0.25) is 0 Å². The standard InChI is InChI=1S/C15H12O4/c16-14(17)13(11-7-3-1-4-8-11)15(18)19-12-9-5-2-6-10-12/h1-10,13H,(H,16,17)/t13-/m1/s1. The first-order valence-electron chi connectivity index (χ1n) is 5.73. The molecular weight excluding hydrogens is 244 g/mol. The number of aliphatic carboxylic acids is 1. The average molecular weight is 256 g/mol. The van der Waals surface area contributed by atoms with Gasteiger partial charge < -0.3 is 9.84 Å². The topological polar surface area (TPSA) is 63.6 Å². The molecule has 2 aromatic carbocycles. The Labute approximate surface area is 110 Å². The van der Waals surface area contributed by atoms with Gasteiger partial charge in [-0.25, -0.2) is 0 Å². The molecule has 0 fully saturated rings. The largest absolute Gasteiger partial charge is 0.480 e. The van der Waals surface area contributed by atoms with Crippen LogP contribution in [0.1, 0.15) is 11.5 Å². The molecule has 0 saturated carbocycles. The molecule has 0 unspecified atom stereocenters. The Bertz CT molecular complexity index is 563. The van der Waals surface area contributed by atoms with Crippen molar-refractivity contribution in [2.75, 3.05) is 0 Å². The molecule has 0 saturated heterocycles. The Morgan fingerprint density at radius 3 is 1.95 bits per heavy atom. The summed E-state index contributed by atoms with van der Waals surface area (Å²) in [6.07, 6.45) is 0. The number of benzene rings is 2. The summed E-state index contributed by atoms with van der Waals surface area (Å²) >= 11 is 0. The molecule has 0 bridgehead atoms. The van der Waals surface area contributed by atoms with Gasteiger partial charge in [-0.15, -0.1) is 0 Å². The van der Waals surface area contributed by atoms with Gasteiger partial charge in [-0.2, -0.15) is 0 Å². The number of hydrogen-bond donors (Lipinski definition) is 1. The second-order valence-electron chi connectivity index (χ2n) is 3.92. The molecule has 1 atom stereocenters. The van der Waals surface area contributed by atoms with Gasteiger partial charge in [0, 0.05) is 0 Å². The van der Waals surface area contributed by atoms with Gasteiger partial charge in [0.25, 0.3) is 0 Å². The van der Waals surface area contributed by atoms with Gasteiger partial charge in [-0.1, -0.05) is 48.5 Å². The van der Waals surface area contributed by atoms with Gasteiger partial charge in [0.2, 0.25) is 0 Å². The normalized spacial score (nSPS) is 11.6. The third kappa shape index (κ3) is 3.19. The molecule has 0 aliphatic carbocycles. The lowest BCUT2D eigenvalue weighted by molar-refractivity contribution is -0.148. The first-order chi connectivity index (χ1) is 9.18. The quantitative estimate of drug-likeness (QED) is 0.518. The van der Waals surface area contributed by atoms with E-state index in [0.717, 1.165) is 0 Å². The Hall–Kier alpha value is -2.62. The summed E-state index contributed by atoms with van der Waals surface area (Å²) < 4.78 is 5.07. The summed E-state index contributed by atoms with van der Waals surface area (Å²) in [5.41, 5.74) is 0.399. The highest BCUT2D eigenvalue weighted by Gasteiger charge is 2.30. The Balaban J connectivity index is 2.21. The van der Waals surface area contributed by atoms with Crippen LogP contribution < -0.4 is 4.74 Å². The van der Waals surface area contributed by atoms with E-state index in [1.54, 1.807) is 60.7 Å². The van der Waals surface area contributed by atoms with E-state index in [-0.39, 0.29) is 0 Å². The molecular formula is C15H12O4. The number of carboxylic acids is 1. The number of para-hydroxylation sites is 1. The molecule has 2 aromatic rings. The van der Waals surface area contributed by atoms with Crippen LogP contribution in [0.4, 0.5) is 0 Å². The molecule has 1 N–H and O–H groups in total. The molecule has 4 heteroatoms. The van der Waals surface area contributed by atoms with Crippen molar-refractivity contribution < 1.29 is 19.4 Å². The Kier molecular flexibility index (Phi) is 3.93. The summed E-state index contributed by atoms with van der Waals surface area (Å²) in [5.74, 6) is -3.02. The highest BCUT2D eigenvalue weighted by Crippen LogP contribution is 2.19. The van der Waals surface area contributed by atoms with Crippen LogP contribution in [-0.4, -0.2) is 17.0 Å². The number of ether oxygens (including phenoxy) is 1. The summed E-state index contributed by atoms with van der Waals surface area (Å²) in [4.78, 5) is 23.2. The van der Waals surface area contributed by atoms with E-state index in [9.17, 15) is 14.7 Å². The first-order valence-corrected chi connectivity index (χ1v) is 5.73. The van der Waals surface area contributed by atoms with Crippen molar-refractivity contribution in [2.45, 2.75) is 5.92 Å². The molecule has 2 rings (SSSR count). The van der Waals surface area contributed by atoms with Crippen LogP contribution in [0.5, 0.6) is 5.75 Å². The van der Waals surface area contributed by atoms with Crippen molar-refractivity contribution in [3.8, 4) is 5.75 Å². The van der Waals surface area contributed by atoms with Crippen molar-refractivity contribution in [1.29, 1.82) is 0 Å². The number of hydrogen-bond acceptors (Lipinski definition) is 3. The summed E-state index contributed by atoms with van der Waals surface area (Å²) in [6.45, 7) is 0. The molecule has 0 aliphatic rings. The number of rotatable bonds is 4. The second-order valence-corrected chi connectivity index (χ2v) is 3.92. The highest BCUT2D eigenvalue weighted by atomic mass is 16.5. The Morgan fingerprint density at radius 2 is 1.42 bits per heavy atom. The lowest BCUT2D eigenvalue weighted by Crippen LogP contribution is -2.25. The fourth-order valence-corrected chi connectivity index (χ4v) is 1.69. The minimum atomic E-state index is -1.32. The van der Waals surface area contributed by atoms with E-state index in [0.29, 0.717) is 11.3 Å². The number of carbonyl (C=O) groups is 2. The minimum Gasteiger partial charge on any atom is -0.480 e. The molecule has 96 valence electrons. The monoisotopic (exact) mass is 256 g/mol. The number of esters is 1.